The number of methoxy groups -OCH3 is 1. The largest absolute Gasteiger partial charge is 0.416 e. The minimum atomic E-state index is -4.36. The number of carbonyl (C=O) groups excluding carboxylic acids is 1. The molecule has 8 heteroatoms. The monoisotopic (exact) mass is 435 g/mol. The molecule has 2 aromatic carbocycles. The summed E-state index contributed by atoms with van der Waals surface area (Å²) in [7, 11) is 1.58. The molecular formula is C23H28F3N3O2. The summed E-state index contributed by atoms with van der Waals surface area (Å²) < 4.78 is 43.9. The van der Waals surface area contributed by atoms with Gasteiger partial charge in [0.2, 0.25) is 5.91 Å². The molecule has 3 rings (SSSR count). The molecule has 0 bridgehead atoms. The number of halogens is 3. The van der Waals surface area contributed by atoms with Crippen molar-refractivity contribution in [3.8, 4) is 0 Å². The van der Waals surface area contributed by atoms with Gasteiger partial charge in [-0.15, -0.1) is 0 Å². The second-order valence-electron chi connectivity index (χ2n) is 7.73. The zero-order valence-corrected chi connectivity index (χ0v) is 17.5. The zero-order valence-electron chi connectivity index (χ0n) is 17.5. The van der Waals surface area contributed by atoms with Gasteiger partial charge in [0.05, 0.1) is 18.2 Å². The van der Waals surface area contributed by atoms with Crippen molar-refractivity contribution in [3.63, 3.8) is 0 Å². The lowest BCUT2D eigenvalue weighted by Crippen LogP contribution is -2.43. The van der Waals surface area contributed by atoms with Gasteiger partial charge in [-0.3, -0.25) is 9.69 Å². The van der Waals surface area contributed by atoms with Gasteiger partial charge < -0.3 is 15.4 Å². The van der Waals surface area contributed by atoms with Crippen LogP contribution >= 0.6 is 0 Å². The van der Waals surface area contributed by atoms with Gasteiger partial charge in [-0.2, -0.15) is 13.2 Å². The Labute approximate surface area is 180 Å². The predicted octanol–water partition coefficient (Wildman–Crippen LogP) is 3.20. The molecule has 0 radical (unpaired) electrons. The fourth-order valence-electron chi connectivity index (χ4n) is 3.83. The Balaban J connectivity index is 1.64. The molecule has 2 atom stereocenters. The minimum Gasteiger partial charge on any atom is -0.383 e. The van der Waals surface area contributed by atoms with E-state index in [2.05, 4.69) is 15.5 Å². The lowest BCUT2D eigenvalue weighted by Gasteiger charge is -2.23. The molecule has 0 spiro atoms. The highest BCUT2D eigenvalue weighted by Crippen LogP contribution is 2.29. The predicted molar refractivity (Wildman–Crippen MR) is 112 cm³/mol. The van der Waals surface area contributed by atoms with Crippen LogP contribution in [0.1, 0.15) is 23.1 Å². The summed E-state index contributed by atoms with van der Waals surface area (Å²) in [5.41, 5.74) is 1.02. The van der Waals surface area contributed by atoms with E-state index in [1.165, 1.54) is 12.1 Å². The van der Waals surface area contributed by atoms with Crippen LogP contribution < -0.4 is 10.6 Å². The van der Waals surface area contributed by atoms with E-state index in [-0.39, 0.29) is 18.0 Å². The number of hydrogen-bond acceptors (Lipinski definition) is 4. The topological polar surface area (TPSA) is 53.6 Å². The highest BCUT2D eigenvalue weighted by molar-refractivity contribution is 5.82. The van der Waals surface area contributed by atoms with Gasteiger partial charge in [0.1, 0.15) is 0 Å². The number of amides is 1. The maximum Gasteiger partial charge on any atom is 0.416 e. The molecule has 2 aromatic rings. The van der Waals surface area contributed by atoms with Crippen molar-refractivity contribution >= 4 is 5.91 Å². The van der Waals surface area contributed by atoms with Crippen LogP contribution in [-0.4, -0.2) is 49.7 Å². The molecule has 0 aliphatic carbocycles. The number of alkyl halides is 3. The Morgan fingerprint density at radius 3 is 2.58 bits per heavy atom. The first-order valence-electron chi connectivity index (χ1n) is 10.3. The fourth-order valence-corrected chi connectivity index (χ4v) is 3.83. The van der Waals surface area contributed by atoms with Crippen LogP contribution in [0.25, 0.3) is 0 Å². The maximum absolute atomic E-state index is 13.0. The molecule has 1 fully saturated rings. The third kappa shape index (κ3) is 6.78. The molecular weight excluding hydrogens is 407 g/mol. The molecule has 1 heterocycles. The smallest absolute Gasteiger partial charge is 0.383 e. The van der Waals surface area contributed by atoms with E-state index in [0.29, 0.717) is 44.8 Å². The SMILES string of the molecule is COCCNC(=O)[C@@H]1C[C@H](NCc2cccc(C(F)(F)F)c2)CN1Cc1ccccc1. The van der Waals surface area contributed by atoms with Crippen LogP contribution in [0, 0.1) is 0 Å². The van der Waals surface area contributed by atoms with Crippen LogP contribution in [-0.2, 0) is 28.8 Å². The van der Waals surface area contributed by atoms with Gasteiger partial charge in [0, 0.05) is 39.3 Å². The first-order chi connectivity index (χ1) is 14.9. The second kappa shape index (κ2) is 10.7. The summed E-state index contributed by atoms with van der Waals surface area (Å²) in [6.07, 6.45) is -3.77. The molecule has 1 aliphatic rings. The summed E-state index contributed by atoms with van der Waals surface area (Å²) in [4.78, 5) is 14.8. The Morgan fingerprint density at radius 2 is 1.87 bits per heavy atom. The number of hydrogen-bond donors (Lipinski definition) is 2. The van der Waals surface area contributed by atoms with Gasteiger partial charge in [0.15, 0.2) is 0 Å². The Hall–Kier alpha value is -2.42. The van der Waals surface area contributed by atoms with Crippen molar-refractivity contribution in [2.45, 2.75) is 37.8 Å². The van der Waals surface area contributed by atoms with E-state index in [1.54, 1.807) is 13.2 Å². The number of carbonyl (C=O) groups is 1. The molecule has 168 valence electrons. The molecule has 0 aromatic heterocycles. The number of likely N-dealkylation sites (tertiary alicyclic amines) is 1. The standard InChI is InChI=1S/C23H28F3N3O2/c1-31-11-10-27-22(30)21-13-20(16-29(21)15-17-6-3-2-4-7-17)28-14-18-8-5-9-19(12-18)23(24,25)26/h2-9,12,20-21,28H,10-11,13-16H2,1H3,(H,27,30)/t20-,21-/m0/s1. The van der Waals surface area contributed by atoms with E-state index in [0.717, 1.165) is 11.6 Å². The first-order valence-corrected chi connectivity index (χ1v) is 10.3. The van der Waals surface area contributed by atoms with Gasteiger partial charge in [0.25, 0.3) is 0 Å². The van der Waals surface area contributed by atoms with Crippen LogP contribution in [0.3, 0.4) is 0 Å². The number of rotatable bonds is 9. The van der Waals surface area contributed by atoms with Crippen molar-refractivity contribution in [1.82, 2.24) is 15.5 Å². The van der Waals surface area contributed by atoms with E-state index in [1.807, 2.05) is 30.3 Å². The van der Waals surface area contributed by atoms with Crippen LogP contribution in [0.15, 0.2) is 54.6 Å². The van der Waals surface area contributed by atoms with Crippen molar-refractivity contribution in [2.75, 3.05) is 26.8 Å². The van der Waals surface area contributed by atoms with Crippen LogP contribution in [0.5, 0.6) is 0 Å². The molecule has 1 saturated heterocycles. The lowest BCUT2D eigenvalue weighted by atomic mass is 10.1. The zero-order chi connectivity index (χ0) is 22.3. The molecule has 1 amide bonds. The van der Waals surface area contributed by atoms with E-state index >= 15 is 0 Å². The molecule has 31 heavy (non-hydrogen) atoms. The van der Waals surface area contributed by atoms with E-state index in [4.69, 9.17) is 4.74 Å². The summed E-state index contributed by atoms with van der Waals surface area (Å²) >= 11 is 0. The lowest BCUT2D eigenvalue weighted by molar-refractivity contribution is -0.137. The van der Waals surface area contributed by atoms with Crippen molar-refractivity contribution < 1.29 is 22.7 Å². The third-order valence-corrected chi connectivity index (χ3v) is 5.39. The number of benzene rings is 2. The van der Waals surface area contributed by atoms with Crippen LogP contribution in [0.4, 0.5) is 13.2 Å². The number of nitrogens with one attached hydrogen (secondary N) is 2. The number of nitrogens with zero attached hydrogens (tertiary/aromatic N) is 1. The van der Waals surface area contributed by atoms with Crippen LogP contribution in [0.2, 0.25) is 0 Å². The third-order valence-electron chi connectivity index (χ3n) is 5.39. The highest BCUT2D eigenvalue weighted by Gasteiger charge is 2.36. The van der Waals surface area contributed by atoms with Gasteiger partial charge in [-0.25, -0.2) is 0 Å². The van der Waals surface area contributed by atoms with Crippen molar-refractivity contribution in [1.29, 1.82) is 0 Å². The Morgan fingerprint density at radius 1 is 1.13 bits per heavy atom. The average molecular weight is 435 g/mol. The highest BCUT2D eigenvalue weighted by atomic mass is 19.4. The Bertz CT molecular complexity index is 845. The van der Waals surface area contributed by atoms with E-state index in [9.17, 15) is 18.0 Å². The summed E-state index contributed by atoms with van der Waals surface area (Å²) in [5, 5.41) is 6.23. The fraction of sp³-hybridized carbons (Fsp3) is 0.435. The normalized spacial score (nSPS) is 19.5. The molecule has 2 N–H and O–H groups in total. The first kappa shape index (κ1) is 23.2. The Kier molecular flexibility index (Phi) is 8.06. The summed E-state index contributed by atoms with van der Waals surface area (Å²) in [6.45, 7) is 2.45. The molecule has 0 saturated carbocycles. The minimum absolute atomic E-state index is 0.00331. The molecule has 1 aliphatic heterocycles. The van der Waals surface area contributed by atoms with Gasteiger partial charge in [-0.05, 0) is 23.6 Å². The molecule has 0 unspecified atom stereocenters. The quantitative estimate of drug-likeness (QED) is 0.594. The van der Waals surface area contributed by atoms with Gasteiger partial charge >= 0.3 is 6.18 Å². The summed E-state index contributed by atoms with van der Waals surface area (Å²) in [6, 6.07) is 14.9. The van der Waals surface area contributed by atoms with Gasteiger partial charge in [-0.1, -0.05) is 48.5 Å². The average Bonchev–Trinajstić information content (AvgIpc) is 3.15. The second-order valence-corrected chi connectivity index (χ2v) is 7.73. The maximum atomic E-state index is 13.0. The molecule has 5 nitrogen and oxygen atoms in total. The van der Waals surface area contributed by atoms with E-state index < -0.39 is 11.7 Å². The number of ether oxygens (including phenoxy) is 1. The van der Waals surface area contributed by atoms with Crippen molar-refractivity contribution in [2.24, 2.45) is 0 Å². The summed E-state index contributed by atoms with van der Waals surface area (Å²) in [5.74, 6) is -0.0589. The van der Waals surface area contributed by atoms with Crippen molar-refractivity contribution in [3.05, 3.63) is 71.3 Å².